The Morgan fingerprint density at radius 3 is 2.33 bits per heavy atom. The van der Waals surface area contributed by atoms with E-state index in [9.17, 15) is 9.18 Å². The molecule has 0 radical (unpaired) electrons. The van der Waals surface area contributed by atoms with Gasteiger partial charge in [0.05, 0.1) is 6.42 Å². The molecule has 0 aliphatic carbocycles. The van der Waals surface area contributed by atoms with Crippen molar-refractivity contribution in [3.63, 3.8) is 0 Å². The van der Waals surface area contributed by atoms with Gasteiger partial charge in [0.2, 0.25) is 5.91 Å². The number of carbonyl (C=O) groups excluding carboxylic acids is 1. The smallest absolute Gasteiger partial charge is 0.227 e. The summed E-state index contributed by atoms with van der Waals surface area (Å²) in [6.07, 6.45) is 0.345. The molecule has 0 N–H and O–H groups in total. The number of halogens is 1. The summed E-state index contributed by atoms with van der Waals surface area (Å²) >= 11 is 0. The van der Waals surface area contributed by atoms with Crippen molar-refractivity contribution in [1.82, 2.24) is 9.80 Å². The number of nitrogens with zero attached hydrogens (tertiary/aromatic N) is 2. The Balaban J connectivity index is 1.50. The van der Waals surface area contributed by atoms with Gasteiger partial charge in [0.25, 0.3) is 0 Å². The second-order valence-corrected chi connectivity index (χ2v) is 6.39. The molecule has 1 fully saturated rings. The third-order valence-electron chi connectivity index (χ3n) is 4.65. The molecule has 0 spiro atoms. The first kappa shape index (κ1) is 16.7. The number of rotatable bonds is 4. The van der Waals surface area contributed by atoms with Gasteiger partial charge in [0, 0.05) is 32.7 Å². The van der Waals surface area contributed by atoms with Gasteiger partial charge in [-0.2, -0.15) is 0 Å². The Bertz CT molecular complexity index is 691. The summed E-state index contributed by atoms with van der Waals surface area (Å²) in [6, 6.07) is 14.6. The van der Waals surface area contributed by atoms with Gasteiger partial charge in [-0.3, -0.25) is 9.69 Å². The highest BCUT2D eigenvalue weighted by Gasteiger charge is 2.21. The lowest BCUT2D eigenvalue weighted by molar-refractivity contribution is -0.132. The lowest BCUT2D eigenvalue weighted by Crippen LogP contribution is -2.48. The molecule has 3 rings (SSSR count). The Morgan fingerprint density at radius 2 is 1.67 bits per heavy atom. The number of carbonyl (C=O) groups is 1. The van der Waals surface area contributed by atoms with Gasteiger partial charge in [-0.1, -0.05) is 36.4 Å². The molecule has 24 heavy (non-hydrogen) atoms. The number of benzene rings is 2. The maximum atomic E-state index is 12.9. The predicted octanol–water partition coefficient (Wildman–Crippen LogP) is 3.02. The van der Waals surface area contributed by atoms with Crippen LogP contribution >= 0.6 is 0 Å². The molecular formula is C20H23FN2O. The van der Waals surface area contributed by atoms with Crippen LogP contribution in [0.2, 0.25) is 0 Å². The van der Waals surface area contributed by atoms with Crippen LogP contribution in [0.5, 0.6) is 0 Å². The molecule has 0 atom stereocenters. The first-order chi connectivity index (χ1) is 11.6. The molecule has 1 heterocycles. The average molecular weight is 326 g/mol. The Labute approximate surface area is 142 Å². The molecule has 2 aromatic carbocycles. The van der Waals surface area contributed by atoms with E-state index in [1.165, 1.54) is 23.3 Å². The zero-order chi connectivity index (χ0) is 16.9. The highest BCUT2D eigenvalue weighted by molar-refractivity contribution is 5.78. The van der Waals surface area contributed by atoms with E-state index in [-0.39, 0.29) is 11.7 Å². The predicted molar refractivity (Wildman–Crippen MR) is 93.1 cm³/mol. The minimum absolute atomic E-state index is 0.122. The van der Waals surface area contributed by atoms with E-state index in [2.05, 4.69) is 36.1 Å². The molecule has 2 aromatic rings. The zero-order valence-corrected chi connectivity index (χ0v) is 14.0. The number of amides is 1. The monoisotopic (exact) mass is 326 g/mol. The van der Waals surface area contributed by atoms with E-state index in [0.29, 0.717) is 6.42 Å². The van der Waals surface area contributed by atoms with Gasteiger partial charge in [0.15, 0.2) is 0 Å². The van der Waals surface area contributed by atoms with Crippen molar-refractivity contribution < 1.29 is 9.18 Å². The number of hydrogen-bond donors (Lipinski definition) is 0. The third kappa shape index (κ3) is 4.20. The van der Waals surface area contributed by atoms with Gasteiger partial charge in [0.1, 0.15) is 5.82 Å². The highest BCUT2D eigenvalue weighted by atomic mass is 19.1. The van der Waals surface area contributed by atoms with Gasteiger partial charge >= 0.3 is 0 Å². The van der Waals surface area contributed by atoms with E-state index in [0.717, 1.165) is 38.3 Å². The fraction of sp³-hybridized carbons (Fsp3) is 0.350. The zero-order valence-electron chi connectivity index (χ0n) is 14.0. The van der Waals surface area contributed by atoms with E-state index in [1.54, 1.807) is 12.1 Å². The molecule has 0 bridgehead atoms. The van der Waals surface area contributed by atoms with Gasteiger partial charge in [-0.05, 0) is 35.7 Å². The summed E-state index contributed by atoms with van der Waals surface area (Å²) in [5, 5.41) is 0. The second-order valence-electron chi connectivity index (χ2n) is 6.39. The van der Waals surface area contributed by atoms with Crippen molar-refractivity contribution in [3.05, 3.63) is 71.0 Å². The lowest BCUT2D eigenvalue weighted by Gasteiger charge is -2.35. The first-order valence-electron chi connectivity index (χ1n) is 8.41. The standard InChI is InChI=1S/C20H23FN2O/c1-16-4-2-3-5-18(16)15-22-10-12-23(13-11-22)20(24)14-17-6-8-19(21)9-7-17/h2-9H,10-15H2,1H3. The van der Waals surface area contributed by atoms with E-state index in [4.69, 9.17) is 0 Å². The topological polar surface area (TPSA) is 23.6 Å². The SMILES string of the molecule is Cc1ccccc1CN1CCN(C(=O)Cc2ccc(F)cc2)CC1. The van der Waals surface area contributed by atoms with Crippen LogP contribution in [-0.2, 0) is 17.8 Å². The van der Waals surface area contributed by atoms with Crippen LogP contribution in [0.15, 0.2) is 48.5 Å². The summed E-state index contributed by atoms with van der Waals surface area (Å²) < 4.78 is 12.9. The second kappa shape index (κ2) is 7.58. The maximum Gasteiger partial charge on any atom is 0.227 e. The van der Waals surface area contributed by atoms with E-state index in [1.807, 2.05) is 4.90 Å². The Hall–Kier alpha value is -2.20. The molecule has 1 aliphatic rings. The first-order valence-corrected chi connectivity index (χ1v) is 8.41. The minimum Gasteiger partial charge on any atom is -0.340 e. The van der Waals surface area contributed by atoms with Crippen LogP contribution in [0.3, 0.4) is 0 Å². The van der Waals surface area contributed by atoms with Crippen molar-refractivity contribution in [2.45, 2.75) is 19.9 Å². The normalized spacial score (nSPS) is 15.5. The third-order valence-corrected chi connectivity index (χ3v) is 4.65. The van der Waals surface area contributed by atoms with Crippen molar-refractivity contribution >= 4 is 5.91 Å². The van der Waals surface area contributed by atoms with Gasteiger partial charge < -0.3 is 4.90 Å². The molecule has 0 aromatic heterocycles. The molecule has 4 heteroatoms. The molecule has 0 unspecified atom stereocenters. The largest absolute Gasteiger partial charge is 0.340 e. The van der Waals surface area contributed by atoms with Crippen LogP contribution in [0.25, 0.3) is 0 Å². The Morgan fingerprint density at radius 1 is 1.00 bits per heavy atom. The molecule has 0 saturated carbocycles. The number of hydrogen-bond acceptors (Lipinski definition) is 2. The van der Waals surface area contributed by atoms with Crippen LogP contribution < -0.4 is 0 Å². The molecule has 1 saturated heterocycles. The highest BCUT2D eigenvalue weighted by Crippen LogP contribution is 2.13. The summed E-state index contributed by atoms with van der Waals surface area (Å²) in [7, 11) is 0. The molecule has 1 amide bonds. The average Bonchev–Trinajstić information content (AvgIpc) is 2.59. The maximum absolute atomic E-state index is 12.9. The number of aryl methyl sites for hydroxylation is 1. The van der Waals surface area contributed by atoms with Crippen LogP contribution in [-0.4, -0.2) is 41.9 Å². The molecule has 126 valence electrons. The van der Waals surface area contributed by atoms with Crippen molar-refractivity contribution in [2.75, 3.05) is 26.2 Å². The van der Waals surface area contributed by atoms with Crippen LogP contribution in [0.4, 0.5) is 4.39 Å². The van der Waals surface area contributed by atoms with E-state index >= 15 is 0 Å². The van der Waals surface area contributed by atoms with Gasteiger partial charge in [-0.15, -0.1) is 0 Å². The van der Waals surface area contributed by atoms with Crippen molar-refractivity contribution in [3.8, 4) is 0 Å². The quantitative estimate of drug-likeness (QED) is 0.862. The molecule has 1 aliphatic heterocycles. The fourth-order valence-electron chi connectivity index (χ4n) is 3.07. The minimum atomic E-state index is -0.268. The fourth-order valence-corrected chi connectivity index (χ4v) is 3.07. The van der Waals surface area contributed by atoms with Crippen molar-refractivity contribution in [2.24, 2.45) is 0 Å². The van der Waals surface area contributed by atoms with Crippen molar-refractivity contribution in [1.29, 1.82) is 0 Å². The Kier molecular flexibility index (Phi) is 5.26. The molecular weight excluding hydrogens is 303 g/mol. The summed E-state index contributed by atoms with van der Waals surface area (Å²) in [6.45, 7) is 6.37. The molecule has 3 nitrogen and oxygen atoms in total. The number of piperazine rings is 1. The summed E-state index contributed by atoms with van der Waals surface area (Å²) in [5.74, 6) is -0.145. The summed E-state index contributed by atoms with van der Waals surface area (Å²) in [4.78, 5) is 16.7. The van der Waals surface area contributed by atoms with E-state index < -0.39 is 0 Å². The summed E-state index contributed by atoms with van der Waals surface area (Å²) in [5.41, 5.74) is 3.53. The van der Waals surface area contributed by atoms with Crippen LogP contribution in [0.1, 0.15) is 16.7 Å². The van der Waals surface area contributed by atoms with Crippen LogP contribution in [0, 0.1) is 12.7 Å². The van der Waals surface area contributed by atoms with Gasteiger partial charge in [-0.25, -0.2) is 4.39 Å². The lowest BCUT2D eigenvalue weighted by atomic mass is 10.1.